The van der Waals surface area contributed by atoms with Crippen LogP contribution in [0.4, 0.5) is 10.1 Å². The predicted octanol–water partition coefficient (Wildman–Crippen LogP) is 0.852. The van der Waals surface area contributed by atoms with Crippen LogP contribution < -0.4 is 0 Å². The van der Waals surface area contributed by atoms with Crippen LogP contribution in [-0.2, 0) is 4.79 Å². The second kappa shape index (κ2) is 4.01. The molecule has 0 spiro atoms. The second-order valence-corrected chi connectivity index (χ2v) is 2.68. The smallest absolute Gasteiger partial charge is 0.337 e. The highest BCUT2D eigenvalue weighted by molar-refractivity contribution is 5.74. The second-order valence-electron chi connectivity index (χ2n) is 2.68. The van der Waals surface area contributed by atoms with E-state index < -0.39 is 34.1 Å². The monoisotopic (exact) mass is 215 g/mol. The van der Waals surface area contributed by atoms with Crippen LogP contribution in [0.25, 0.3) is 0 Å². The number of benzene rings is 1. The van der Waals surface area contributed by atoms with Gasteiger partial charge in [0.05, 0.1) is 4.92 Å². The van der Waals surface area contributed by atoms with Crippen molar-refractivity contribution in [1.82, 2.24) is 0 Å². The number of carbonyl (C=O) groups is 1. The van der Waals surface area contributed by atoms with Crippen LogP contribution in [0.1, 0.15) is 11.7 Å². The minimum atomic E-state index is -2.11. The molecular weight excluding hydrogens is 209 g/mol. The van der Waals surface area contributed by atoms with Gasteiger partial charge in [0.25, 0.3) is 0 Å². The van der Waals surface area contributed by atoms with Crippen LogP contribution >= 0.6 is 0 Å². The number of carboxylic acid groups (broad SMARTS) is 1. The van der Waals surface area contributed by atoms with Gasteiger partial charge in [0, 0.05) is 11.6 Å². The zero-order chi connectivity index (χ0) is 11.6. The Bertz CT molecular complexity index is 419. The fourth-order valence-electron chi connectivity index (χ4n) is 1.02. The van der Waals surface area contributed by atoms with Gasteiger partial charge < -0.3 is 10.2 Å². The summed E-state index contributed by atoms with van der Waals surface area (Å²) in [6, 6.07) is 2.96. The van der Waals surface area contributed by atoms with E-state index >= 15 is 0 Å². The molecule has 0 fully saturated rings. The average molecular weight is 215 g/mol. The molecule has 0 radical (unpaired) electrons. The van der Waals surface area contributed by atoms with Crippen LogP contribution in [0.3, 0.4) is 0 Å². The summed E-state index contributed by atoms with van der Waals surface area (Å²) in [6.07, 6.45) is -2.11. The molecule has 0 bridgehead atoms. The van der Waals surface area contributed by atoms with Gasteiger partial charge in [-0.3, -0.25) is 10.1 Å². The Morgan fingerprint density at radius 1 is 1.53 bits per heavy atom. The van der Waals surface area contributed by atoms with Gasteiger partial charge >= 0.3 is 11.7 Å². The Kier molecular flexibility index (Phi) is 2.96. The molecular formula is C8H6FNO5. The Labute approximate surface area is 82.7 Å². The van der Waals surface area contributed by atoms with Crippen LogP contribution in [0.5, 0.6) is 0 Å². The third kappa shape index (κ3) is 2.08. The van der Waals surface area contributed by atoms with Crippen molar-refractivity contribution in [2.45, 2.75) is 6.10 Å². The quantitative estimate of drug-likeness (QED) is 0.575. The largest absolute Gasteiger partial charge is 0.479 e. The van der Waals surface area contributed by atoms with E-state index in [9.17, 15) is 19.3 Å². The number of carboxylic acids is 1. The molecule has 2 N–H and O–H groups in total. The van der Waals surface area contributed by atoms with Crippen LogP contribution in [0.2, 0.25) is 0 Å². The highest BCUT2D eigenvalue weighted by Gasteiger charge is 2.25. The number of nitro groups is 1. The van der Waals surface area contributed by atoms with Gasteiger partial charge in [0.1, 0.15) is 0 Å². The number of hydrogen-bond acceptors (Lipinski definition) is 4. The lowest BCUT2D eigenvalue weighted by Crippen LogP contribution is -2.12. The van der Waals surface area contributed by atoms with E-state index in [1.165, 1.54) is 0 Å². The molecule has 0 aliphatic carbocycles. The molecule has 1 unspecified atom stereocenters. The van der Waals surface area contributed by atoms with E-state index in [-0.39, 0.29) is 0 Å². The Morgan fingerprint density at radius 2 is 2.13 bits per heavy atom. The van der Waals surface area contributed by atoms with E-state index in [0.29, 0.717) is 0 Å². The number of halogens is 1. The lowest BCUT2D eigenvalue weighted by Gasteiger charge is -2.06. The van der Waals surface area contributed by atoms with Gasteiger partial charge in [0.2, 0.25) is 5.82 Å². The summed E-state index contributed by atoms with van der Waals surface area (Å²) in [7, 11) is 0. The molecule has 0 aliphatic rings. The first-order valence-corrected chi connectivity index (χ1v) is 3.79. The van der Waals surface area contributed by atoms with Crippen molar-refractivity contribution in [1.29, 1.82) is 0 Å². The van der Waals surface area contributed by atoms with Crippen molar-refractivity contribution in [3.05, 3.63) is 39.7 Å². The van der Waals surface area contributed by atoms with Gasteiger partial charge in [-0.2, -0.15) is 4.39 Å². The summed E-state index contributed by atoms with van der Waals surface area (Å²) in [5.41, 5.74) is -1.50. The van der Waals surface area contributed by atoms with Gasteiger partial charge in [-0.05, 0) is 0 Å². The fraction of sp³-hybridized carbons (Fsp3) is 0.125. The molecule has 0 heterocycles. The first-order valence-electron chi connectivity index (χ1n) is 3.79. The molecule has 6 nitrogen and oxygen atoms in total. The SMILES string of the molecule is O=C(O)C(O)c1cccc([N+](=O)[O-])c1F. The molecule has 0 saturated heterocycles. The molecule has 15 heavy (non-hydrogen) atoms. The molecule has 1 aromatic carbocycles. The summed E-state index contributed by atoms with van der Waals surface area (Å²) in [5, 5.41) is 27.7. The molecule has 1 aromatic rings. The molecule has 0 amide bonds. The van der Waals surface area contributed by atoms with Crippen molar-refractivity contribution >= 4 is 11.7 Å². The number of aliphatic carboxylic acids is 1. The van der Waals surface area contributed by atoms with Crippen molar-refractivity contribution in [2.75, 3.05) is 0 Å². The number of aliphatic hydroxyl groups excluding tert-OH is 1. The standard InChI is InChI=1S/C8H6FNO5/c9-6-4(7(11)8(12)13)2-1-3-5(6)10(14)15/h1-3,7,11H,(H,12,13). The van der Waals surface area contributed by atoms with Crippen molar-refractivity contribution in [2.24, 2.45) is 0 Å². The number of nitro benzene ring substituents is 1. The topological polar surface area (TPSA) is 101 Å². The minimum absolute atomic E-state index is 0.628. The van der Waals surface area contributed by atoms with Crippen molar-refractivity contribution in [3.63, 3.8) is 0 Å². The van der Waals surface area contributed by atoms with Crippen LogP contribution in [0.15, 0.2) is 18.2 Å². The van der Waals surface area contributed by atoms with Gasteiger partial charge in [-0.25, -0.2) is 4.79 Å². The summed E-state index contributed by atoms with van der Waals surface area (Å²) in [5.74, 6) is -3.01. The maximum Gasteiger partial charge on any atom is 0.337 e. The highest BCUT2D eigenvalue weighted by Crippen LogP contribution is 2.24. The minimum Gasteiger partial charge on any atom is -0.479 e. The third-order valence-corrected chi connectivity index (χ3v) is 1.73. The summed E-state index contributed by atoms with van der Waals surface area (Å²) >= 11 is 0. The van der Waals surface area contributed by atoms with Crippen LogP contribution in [-0.4, -0.2) is 21.1 Å². The molecule has 0 aromatic heterocycles. The zero-order valence-corrected chi connectivity index (χ0v) is 7.25. The van der Waals surface area contributed by atoms with Crippen LogP contribution in [0, 0.1) is 15.9 Å². The maximum atomic E-state index is 13.3. The maximum absolute atomic E-state index is 13.3. The van der Waals surface area contributed by atoms with Gasteiger partial charge in [0.15, 0.2) is 6.10 Å². The molecule has 0 saturated carbocycles. The van der Waals surface area contributed by atoms with Crippen molar-refractivity contribution in [3.8, 4) is 0 Å². The third-order valence-electron chi connectivity index (χ3n) is 1.73. The summed E-state index contributed by atoms with van der Waals surface area (Å²) in [6.45, 7) is 0. The van der Waals surface area contributed by atoms with Crippen molar-refractivity contribution < 1.29 is 24.3 Å². The molecule has 0 aliphatic heterocycles. The Morgan fingerprint density at radius 3 is 2.60 bits per heavy atom. The van der Waals surface area contributed by atoms with E-state index in [2.05, 4.69) is 0 Å². The lowest BCUT2D eigenvalue weighted by atomic mass is 10.1. The summed E-state index contributed by atoms with van der Waals surface area (Å²) in [4.78, 5) is 19.7. The van der Waals surface area contributed by atoms with E-state index in [1.54, 1.807) is 0 Å². The van der Waals surface area contributed by atoms with E-state index in [0.717, 1.165) is 18.2 Å². The lowest BCUT2D eigenvalue weighted by molar-refractivity contribution is -0.387. The zero-order valence-electron chi connectivity index (χ0n) is 7.25. The highest BCUT2D eigenvalue weighted by atomic mass is 19.1. The average Bonchev–Trinajstić information content (AvgIpc) is 2.16. The molecule has 1 rings (SSSR count). The number of nitrogens with zero attached hydrogens (tertiary/aromatic N) is 1. The summed E-state index contributed by atoms with van der Waals surface area (Å²) < 4.78 is 13.3. The van der Waals surface area contributed by atoms with Gasteiger partial charge in [-0.1, -0.05) is 12.1 Å². The molecule has 7 heteroatoms. The number of hydrogen-bond donors (Lipinski definition) is 2. The number of aliphatic hydroxyl groups is 1. The molecule has 1 atom stereocenters. The Balaban J connectivity index is 3.26. The normalized spacial score (nSPS) is 12.1. The molecule has 80 valence electrons. The number of rotatable bonds is 3. The van der Waals surface area contributed by atoms with Gasteiger partial charge in [-0.15, -0.1) is 0 Å². The van der Waals surface area contributed by atoms with E-state index in [4.69, 9.17) is 10.2 Å². The van der Waals surface area contributed by atoms with E-state index in [1.807, 2.05) is 0 Å². The predicted molar refractivity (Wildman–Crippen MR) is 45.7 cm³/mol. The fourth-order valence-corrected chi connectivity index (χ4v) is 1.02. The first-order chi connectivity index (χ1) is 6.95. The first kappa shape index (κ1) is 11.1. The Hall–Kier alpha value is -2.02.